The zero-order valence-corrected chi connectivity index (χ0v) is 12.3. The number of nitrogens with one attached hydrogen (secondary N) is 1. The summed E-state index contributed by atoms with van der Waals surface area (Å²) in [4.78, 5) is 12.1. The Kier molecular flexibility index (Phi) is 4.38. The van der Waals surface area contributed by atoms with E-state index in [1.165, 1.54) is 0 Å². The Bertz CT molecular complexity index is 706. The molecule has 2 aromatic carbocycles. The van der Waals surface area contributed by atoms with Gasteiger partial charge in [0.2, 0.25) is 0 Å². The molecule has 0 aromatic heterocycles. The van der Waals surface area contributed by atoms with Crippen molar-refractivity contribution in [2.75, 3.05) is 0 Å². The second kappa shape index (κ2) is 6.22. The monoisotopic (exact) mass is 282 g/mol. The first kappa shape index (κ1) is 14.8. The number of nitrogens with zero attached hydrogens (tertiary/aromatic N) is 1. The first-order valence-corrected chi connectivity index (χ1v) is 6.70. The van der Waals surface area contributed by atoms with Gasteiger partial charge in [-0.15, -0.1) is 0 Å². The first-order chi connectivity index (χ1) is 10.0. The number of carbonyl (C=O) groups is 1. The Morgan fingerprint density at radius 3 is 2.33 bits per heavy atom. The van der Waals surface area contributed by atoms with E-state index in [9.17, 15) is 9.90 Å². The Morgan fingerprint density at radius 1 is 1.00 bits per heavy atom. The fourth-order valence-corrected chi connectivity index (χ4v) is 2.08. The van der Waals surface area contributed by atoms with Crippen LogP contribution in [0.5, 0.6) is 5.75 Å². The maximum Gasteiger partial charge on any atom is 0.275 e. The van der Waals surface area contributed by atoms with E-state index in [-0.39, 0.29) is 11.3 Å². The number of hydrogen-bond donors (Lipinski definition) is 2. The lowest BCUT2D eigenvalue weighted by Gasteiger charge is -2.07. The molecule has 0 saturated carbocycles. The zero-order valence-electron chi connectivity index (χ0n) is 12.3. The third kappa shape index (κ3) is 3.28. The van der Waals surface area contributed by atoms with Crippen LogP contribution >= 0.6 is 0 Å². The summed E-state index contributed by atoms with van der Waals surface area (Å²) in [6, 6.07) is 12.9. The molecule has 0 heterocycles. The third-order valence-corrected chi connectivity index (χ3v) is 3.34. The molecule has 0 atom stereocenters. The van der Waals surface area contributed by atoms with Crippen molar-refractivity contribution in [1.82, 2.24) is 5.43 Å². The molecule has 0 fully saturated rings. The second-order valence-corrected chi connectivity index (χ2v) is 4.92. The van der Waals surface area contributed by atoms with Gasteiger partial charge in [0.15, 0.2) is 0 Å². The predicted molar refractivity (Wildman–Crippen MR) is 83.7 cm³/mol. The number of hydrogen-bond acceptors (Lipinski definition) is 3. The topological polar surface area (TPSA) is 61.7 Å². The largest absolute Gasteiger partial charge is 0.507 e. The number of rotatable bonds is 3. The summed E-state index contributed by atoms with van der Waals surface area (Å²) in [5.74, 6) is -0.442. The van der Waals surface area contributed by atoms with Crippen LogP contribution in [0.4, 0.5) is 0 Å². The molecule has 0 spiro atoms. The van der Waals surface area contributed by atoms with Gasteiger partial charge in [0, 0.05) is 5.56 Å². The molecule has 108 valence electrons. The van der Waals surface area contributed by atoms with Gasteiger partial charge in [0.05, 0.1) is 11.3 Å². The van der Waals surface area contributed by atoms with Gasteiger partial charge < -0.3 is 5.11 Å². The van der Waals surface area contributed by atoms with E-state index in [0.29, 0.717) is 11.3 Å². The number of benzene rings is 2. The number of hydrazone groups is 1. The highest BCUT2D eigenvalue weighted by molar-refractivity contribution is 6.02. The van der Waals surface area contributed by atoms with E-state index < -0.39 is 5.91 Å². The molecule has 4 heteroatoms. The van der Waals surface area contributed by atoms with Crippen LogP contribution in [0.2, 0.25) is 0 Å². The molecular formula is C17H18N2O2. The lowest BCUT2D eigenvalue weighted by molar-refractivity contribution is 0.0952. The fourth-order valence-electron chi connectivity index (χ4n) is 2.08. The minimum atomic E-state index is -0.427. The quantitative estimate of drug-likeness (QED) is 0.671. The SMILES string of the molecule is C/C(=N\NC(=O)c1cccc(C)c1O)c1ccccc1C. The van der Waals surface area contributed by atoms with Crippen molar-refractivity contribution in [3.8, 4) is 5.75 Å². The van der Waals surface area contributed by atoms with Crippen LogP contribution in [-0.2, 0) is 0 Å². The van der Waals surface area contributed by atoms with E-state index >= 15 is 0 Å². The first-order valence-electron chi connectivity index (χ1n) is 6.70. The molecule has 21 heavy (non-hydrogen) atoms. The maximum absolute atomic E-state index is 12.1. The second-order valence-electron chi connectivity index (χ2n) is 4.92. The lowest BCUT2D eigenvalue weighted by atomic mass is 10.1. The van der Waals surface area contributed by atoms with Crippen molar-refractivity contribution in [3.63, 3.8) is 0 Å². The number of phenolic OH excluding ortho intramolecular Hbond substituents is 1. The Balaban J connectivity index is 2.19. The van der Waals surface area contributed by atoms with Gasteiger partial charge in [0.25, 0.3) is 5.91 Å². The van der Waals surface area contributed by atoms with Gasteiger partial charge >= 0.3 is 0 Å². The summed E-state index contributed by atoms with van der Waals surface area (Å²) in [5, 5.41) is 14.0. The summed E-state index contributed by atoms with van der Waals surface area (Å²) in [6.07, 6.45) is 0. The molecule has 2 N–H and O–H groups in total. The highest BCUT2D eigenvalue weighted by Gasteiger charge is 2.12. The summed E-state index contributed by atoms with van der Waals surface area (Å²) < 4.78 is 0. The van der Waals surface area contributed by atoms with Crippen molar-refractivity contribution < 1.29 is 9.90 Å². The van der Waals surface area contributed by atoms with Crippen LogP contribution in [0.1, 0.15) is 34.0 Å². The van der Waals surface area contributed by atoms with Gasteiger partial charge in [-0.1, -0.05) is 36.4 Å². The molecule has 2 rings (SSSR count). The third-order valence-electron chi connectivity index (χ3n) is 3.34. The van der Waals surface area contributed by atoms with Crippen molar-refractivity contribution in [1.29, 1.82) is 0 Å². The van der Waals surface area contributed by atoms with Crippen molar-refractivity contribution in [3.05, 3.63) is 64.7 Å². The number of aromatic hydroxyl groups is 1. The fraction of sp³-hybridized carbons (Fsp3) is 0.176. The Morgan fingerprint density at radius 2 is 1.62 bits per heavy atom. The molecule has 1 amide bonds. The van der Waals surface area contributed by atoms with Crippen LogP contribution < -0.4 is 5.43 Å². The minimum Gasteiger partial charge on any atom is -0.507 e. The zero-order chi connectivity index (χ0) is 15.4. The molecule has 0 aliphatic rings. The van der Waals surface area contributed by atoms with Gasteiger partial charge in [-0.25, -0.2) is 5.43 Å². The predicted octanol–water partition coefficient (Wildman–Crippen LogP) is 3.16. The Labute approximate surface area is 124 Å². The average molecular weight is 282 g/mol. The van der Waals surface area contributed by atoms with E-state index in [1.54, 1.807) is 25.1 Å². The molecule has 0 saturated heterocycles. The molecule has 0 aliphatic heterocycles. The molecular weight excluding hydrogens is 264 g/mol. The number of aryl methyl sites for hydroxylation is 2. The number of amides is 1. The van der Waals surface area contributed by atoms with Crippen LogP contribution in [0.15, 0.2) is 47.6 Å². The Hall–Kier alpha value is -2.62. The maximum atomic E-state index is 12.1. The van der Waals surface area contributed by atoms with E-state index in [2.05, 4.69) is 10.5 Å². The van der Waals surface area contributed by atoms with Crippen LogP contribution in [0.3, 0.4) is 0 Å². The summed E-state index contributed by atoms with van der Waals surface area (Å²) in [7, 11) is 0. The lowest BCUT2D eigenvalue weighted by Crippen LogP contribution is -2.19. The summed E-state index contributed by atoms with van der Waals surface area (Å²) >= 11 is 0. The molecule has 0 aliphatic carbocycles. The van der Waals surface area contributed by atoms with Crippen LogP contribution in [0, 0.1) is 13.8 Å². The summed E-state index contributed by atoms with van der Waals surface area (Å²) in [5.41, 5.74) is 6.14. The van der Waals surface area contributed by atoms with Crippen molar-refractivity contribution in [2.24, 2.45) is 5.10 Å². The van der Waals surface area contributed by atoms with Gasteiger partial charge in [-0.05, 0) is 38.0 Å². The standard InChI is InChI=1S/C17H18N2O2/c1-11-7-4-5-9-14(11)13(3)18-19-17(21)15-10-6-8-12(2)16(15)20/h4-10,20H,1-3H3,(H,19,21)/b18-13+. The molecule has 0 unspecified atom stereocenters. The summed E-state index contributed by atoms with van der Waals surface area (Å²) in [6.45, 7) is 5.56. The average Bonchev–Trinajstić information content (AvgIpc) is 2.47. The van der Waals surface area contributed by atoms with E-state index in [4.69, 9.17) is 0 Å². The number of phenols is 1. The van der Waals surface area contributed by atoms with Gasteiger partial charge in [-0.2, -0.15) is 5.10 Å². The molecule has 0 radical (unpaired) electrons. The number of para-hydroxylation sites is 1. The van der Waals surface area contributed by atoms with E-state index in [1.807, 2.05) is 38.1 Å². The highest BCUT2D eigenvalue weighted by Crippen LogP contribution is 2.21. The molecule has 0 bridgehead atoms. The minimum absolute atomic E-state index is 0.0151. The van der Waals surface area contributed by atoms with E-state index in [0.717, 1.165) is 11.1 Å². The van der Waals surface area contributed by atoms with Gasteiger partial charge in [-0.3, -0.25) is 4.79 Å². The normalized spacial score (nSPS) is 11.3. The molecule has 2 aromatic rings. The smallest absolute Gasteiger partial charge is 0.275 e. The van der Waals surface area contributed by atoms with Gasteiger partial charge in [0.1, 0.15) is 5.75 Å². The van der Waals surface area contributed by atoms with Crippen LogP contribution in [0.25, 0.3) is 0 Å². The number of carbonyl (C=O) groups excluding carboxylic acids is 1. The highest BCUT2D eigenvalue weighted by atomic mass is 16.3. The molecule has 4 nitrogen and oxygen atoms in total. The van der Waals surface area contributed by atoms with Crippen LogP contribution in [-0.4, -0.2) is 16.7 Å². The van der Waals surface area contributed by atoms with Crippen molar-refractivity contribution >= 4 is 11.6 Å². The van der Waals surface area contributed by atoms with Crippen molar-refractivity contribution in [2.45, 2.75) is 20.8 Å².